The van der Waals surface area contributed by atoms with E-state index in [1.807, 2.05) is 30.3 Å². The summed E-state index contributed by atoms with van der Waals surface area (Å²) in [6.45, 7) is 0. The summed E-state index contributed by atoms with van der Waals surface area (Å²) in [5.41, 5.74) is 4.81. The second kappa shape index (κ2) is 5.96. The number of hydrogen-bond donors (Lipinski definition) is 1. The van der Waals surface area contributed by atoms with E-state index in [1.165, 1.54) is 29.8 Å². The SMILES string of the molecule is O=[N+]([O-])c1ccc(S(=O)(=O)Nc2ccc3c(c2)-c2ccccc2C3)cc1. The molecule has 0 radical (unpaired) electrons. The van der Waals surface area contributed by atoms with E-state index in [9.17, 15) is 18.5 Å². The van der Waals surface area contributed by atoms with Crippen LogP contribution in [0.15, 0.2) is 71.6 Å². The number of fused-ring (bicyclic) bond motifs is 3. The predicted octanol–water partition coefficient (Wildman–Crippen LogP) is 3.97. The van der Waals surface area contributed by atoms with Gasteiger partial charge in [0.2, 0.25) is 0 Å². The van der Waals surface area contributed by atoms with Gasteiger partial charge in [-0.1, -0.05) is 30.3 Å². The summed E-state index contributed by atoms with van der Waals surface area (Å²) in [5, 5.41) is 10.7. The largest absolute Gasteiger partial charge is 0.280 e. The molecule has 26 heavy (non-hydrogen) atoms. The van der Waals surface area contributed by atoms with E-state index < -0.39 is 14.9 Å². The summed E-state index contributed by atoms with van der Waals surface area (Å²) in [5.74, 6) is 0. The van der Waals surface area contributed by atoms with E-state index in [-0.39, 0.29) is 10.6 Å². The molecule has 1 N–H and O–H groups in total. The lowest BCUT2D eigenvalue weighted by Gasteiger charge is -2.10. The number of nitrogens with zero attached hydrogens (tertiary/aromatic N) is 1. The third-order valence-electron chi connectivity index (χ3n) is 4.41. The zero-order chi connectivity index (χ0) is 18.3. The molecule has 3 aromatic carbocycles. The molecule has 1 aliphatic rings. The molecule has 0 unspecified atom stereocenters. The number of non-ortho nitro benzene ring substituents is 1. The first-order valence-electron chi connectivity index (χ1n) is 7.92. The molecule has 3 aromatic rings. The Balaban J connectivity index is 1.65. The van der Waals surface area contributed by atoms with Crippen LogP contribution in [0.5, 0.6) is 0 Å². The standard InChI is InChI=1S/C19H14N2O4S/c22-21(23)16-7-9-17(10-8-16)26(24,25)20-15-6-5-14-11-13-3-1-2-4-18(13)19(14)12-15/h1-10,12,20H,11H2. The first kappa shape index (κ1) is 16.3. The van der Waals surface area contributed by atoms with Crippen LogP contribution in [0.3, 0.4) is 0 Å². The minimum absolute atomic E-state index is 0.0241. The summed E-state index contributed by atoms with van der Waals surface area (Å²) in [6.07, 6.45) is 0.834. The minimum Gasteiger partial charge on any atom is -0.280 e. The summed E-state index contributed by atoms with van der Waals surface area (Å²) in [6, 6.07) is 18.3. The van der Waals surface area contributed by atoms with E-state index in [0.29, 0.717) is 5.69 Å². The van der Waals surface area contributed by atoms with Gasteiger partial charge < -0.3 is 0 Å². The predicted molar refractivity (Wildman–Crippen MR) is 98.6 cm³/mol. The number of rotatable bonds is 4. The van der Waals surface area contributed by atoms with Crippen molar-refractivity contribution in [1.29, 1.82) is 0 Å². The molecule has 6 nitrogen and oxygen atoms in total. The summed E-state index contributed by atoms with van der Waals surface area (Å²) < 4.78 is 27.6. The number of nitro benzene ring substituents is 1. The second-order valence-corrected chi connectivity index (χ2v) is 7.74. The van der Waals surface area contributed by atoms with Crippen molar-refractivity contribution in [1.82, 2.24) is 0 Å². The Morgan fingerprint density at radius 2 is 1.58 bits per heavy atom. The Morgan fingerprint density at radius 1 is 0.885 bits per heavy atom. The van der Waals surface area contributed by atoms with Gasteiger partial charge in [0.1, 0.15) is 0 Å². The summed E-state index contributed by atoms with van der Waals surface area (Å²) in [4.78, 5) is 10.1. The van der Waals surface area contributed by atoms with Crippen LogP contribution >= 0.6 is 0 Å². The monoisotopic (exact) mass is 366 g/mol. The van der Waals surface area contributed by atoms with Gasteiger partial charge in [0, 0.05) is 17.8 Å². The number of anilines is 1. The van der Waals surface area contributed by atoms with E-state index in [4.69, 9.17) is 0 Å². The van der Waals surface area contributed by atoms with Crippen molar-refractivity contribution in [3.05, 3.63) is 88.0 Å². The molecule has 0 fully saturated rings. The minimum atomic E-state index is -3.82. The molecule has 7 heteroatoms. The van der Waals surface area contributed by atoms with Crippen molar-refractivity contribution in [3.63, 3.8) is 0 Å². The maximum absolute atomic E-state index is 12.5. The smallest absolute Gasteiger partial charge is 0.269 e. The maximum Gasteiger partial charge on any atom is 0.269 e. The Kier molecular flexibility index (Phi) is 3.73. The lowest BCUT2D eigenvalue weighted by atomic mass is 10.1. The highest BCUT2D eigenvalue weighted by Crippen LogP contribution is 2.38. The Hall–Kier alpha value is -3.19. The van der Waals surface area contributed by atoms with Gasteiger partial charge in [-0.25, -0.2) is 8.42 Å². The van der Waals surface area contributed by atoms with Crippen molar-refractivity contribution in [2.75, 3.05) is 4.72 Å². The van der Waals surface area contributed by atoms with Gasteiger partial charge >= 0.3 is 0 Å². The lowest BCUT2D eigenvalue weighted by Crippen LogP contribution is -2.13. The third kappa shape index (κ3) is 2.82. The molecular weight excluding hydrogens is 352 g/mol. The van der Waals surface area contributed by atoms with Crippen LogP contribution in [0.1, 0.15) is 11.1 Å². The molecule has 0 heterocycles. The van der Waals surface area contributed by atoms with Crippen LogP contribution in [0, 0.1) is 10.1 Å². The molecule has 0 saturated heterocycles. The molecule has 0 aliphatic heterocycles. The fourth-order valence-corrected chi connectivity index (χ4v) is 4.20. The first-order valence-corrected chi connectivity index (χ1v) is 9.41. The van der Waals surface area contributed by atoms with Gasteiger partial charge in [-0.2, -0.15) is 0 Å². The molecule has 0 atom stereocenters. The molecule has 0 amide bonds. The summed E-state index contributed by atoms with van der Waals surface area (Å²) in [7, 11) is -3.82. The van der Waals surface area contributed by atoms with Crippen molar-refractivity contribution >= 4 is 21.4 Å². The number of nitro groups is 1. The molecule has 0 bridgehead atoms. The molecule has 0 spiro atoms. The average Bonchev–Trinajstić information content (AvgIpc) is 2.99. The van der Waals surface area contributed by atoms with Gasteiger partial charge in [0.25, 0.3) is 15.7 Å². The van der Waals surface area contributed by atoms with Gasteiger partial charge in [-0.15, -0.1) is 0 Å². The van der Waals surface area contributed by atoms with Crippen molar-refractivity contribution in [2.24, 2.45) is 0 Å². The zero-order valence-electron chi connectivity index (χ0n) is 13.5. The lowest BCUT2D eigenvalue weighted by molar-refractivity contribution is -0.384. The number of benzene rings is 3. The Labute approximate surface area is 150 Å². The average molecular weight is 366 g/mol. The van der Waals surface area contributed by atoms with E-state index in [1.54, 1.807) is 6.07 Å². The number of sulfonamides is 1. The highest BCUT2D eigenvalue weighted by atomic mass is 32.2. The van der Waals surface area contributed by atoms with Crippen LogP contribution in [0.4, 0.5) is 11.4 Å². The van der Waals surface area contributed by atoms with Crippen LogP contribution in [-0.2, 0) is 16.4 Å². The van der Waals surface area contributed by atoms with E-state index in [2.05, 4.69) is 10.8 Å². The molecule has 4 rings (SSSR count). The summed E-state index contributed by atoms with van der Waals surface area (Å²) >= 11 is 0. The van der Waals surface area contributed by atoms with Crippen molar-refractivity contribution in [3.8, 4) is 11.1 Å². The van der Waals surface area contributed by atoms with E-state index >= 15 is 0 Å². The van der Waals surface area contributed by atoms with Crippen molar-refractivity contribution in [2.45, 2.75) is 11.3 Å². The Bertz CT molecular complexity index is 1120. The van der Waals surface area contributed by atoms with Gasteiger partial charge in [0.05, 0.1) is 9.82 Å². The van der Waals surface area contributed by atoms with Gasteiger partial charge in [-0.05, 0) is 52.9 Å². The normalized spacial score (nSPS) is 12.3. The van der Waals surface area contributed by atoms with Gasteiger partial charge in [-0.3, -0.25) is 14.8 Å². The van der Waals surface area contributed by atoms with Crippen LogP contribution < -0.4 is 4.72 Å². The first-order chi connectivity index (χ1) is 12.4. The quantitative estimate of drug-likeness (QED) is 0.437. The molecular formula is C19H14N2O4S. The number of hydrogen-bond acceptors (Lipinski definition) is 4. The van der Waals surface area contributed by atoms with Crippen LogP contribution in [-0.4, -0.2) is 13.3 Å². The molecule has 130 valence electrons. The number of nitrogens with one attached hydrogen (secondary N) is 1. The van der Waals surface area contributed by atoms with Crippen LogP contribution in [0.2, 0.25) is 0 Å². The fraction of sp³-hybridized carbons (Fsp3) is 0.0526. The molecule has 0 aromatic heterocycles. The van der Waals surface area contributed by atoms with E-state index in [0.717, 1.165) is 23.1 Å². The Morgan fingerprint density at radius 3 is 2.31 bits per heavy atom. The van der Waals surface area contributed by atoms with Crippen molar-refractivity contribution < 1.29 is 13.3 Å². The maximum atomic E-state index is 12.5. The molecule has 1 aliphatic carbocycles. The molecule has 0 saturated carbocycles. The highest BCUT2D eigenvalue weighted by molar-refractivity contribution is 7.92. The third-order valence-corrected chi connectivity index (χ3v) is 5.81. The topological polar surface area (TPSA) is 89.3 Å². The zero-order valence-corrected chi connectivity index (χ0v) is 14.4. The van der Waals surface area contributed by atoms with Crippen LogP contribution in [0.25, 0.3) is 11.1 Å². The van der Waals surface area contributed by atoms with Gasteiger partial charge in [0.15, 0.2) is 0 Å². The second-order valence-electron chi connectivity index (χ2n) is 6.06. The highest BCUT2D eigenvalue weighted by Gasteiger charge is 2.20. The fourth-order valence-electron chi connectivity index (χ4n) is 3.15.